The van der Waals surface area contributed by atoms with Crippen molar-refractivity contribution in [3.63, 3.8) is 0 Å². The summed E-state index contributed by atoms with van der Waals surface area (Å²) >= 11 is 0. The molecule has 76 valence electrons. The average Bonchev–Trinajstić information content (AvgIpc) is 2.19. The number of nitrogens with two attached hydrogens (primary N) is 2. The molecule has 1 aromatic rings. The molecule has 14 heavy (non-hydrogen) atoms. The fraction of sp³-hybridized carbons (Fsp3) is 0.300. The Kier molecular flexibility index (Phi) is 3.62. The van der Waals surface area contributed by atoms with E-state index in [1.807, 2.05) is 24.3 Å². The summed E-state index contributed by atoms with van der Waals surface area (Å²) in [5.41, 5.74) is 12.6. The molecule has 0 radical (unpaired) electrons. The van der Waals surface area contributed by atoms with Gasteiger partial charge in [0.15, 0.2) is 0 Å². The van der Waals surface area contributed by atoms with Gasteiger partial charge in [-0.15, -0.1) is 0 Å². The summed E-state index contributed by atoms with van der Waals surface area (Å²) < 4.78 is 0. The Labute approximate surface area is 83.3 Å². The first-order valence-electron chi connectivity index (χ1n) is 4.45. The second kappa shape index (κ2) is 4.74. The molecule has 1 aromatic carbocycles. The highest BCUT2D eigenvalue weighted by atomic mass is 16.1. The average molecular weight is 193 g/mol. The fourth-order valence-corrected chi connectivity index (χ4v) is 1.45. The molecule has 4 heteroatoms. The number of likely N-dealkylation sites (N-methyl/N-ethyl adjacent to an activating group) is 1. The first-order valence-corrected chi connectivity index (χ1v) is 4.45. The normalized spacial score (nSPS) is 12.4. The van der Waals surface area contributed by atoms with Crippen molar-refractivity contribution in [2.24, 2.45) is 11.5 Å². The van der Waals surface area contributed by atoms with Crippen LogP contribution in [-0.4, -0.2) is 13.0 Å². The summed E-state index contributed by atoms with van der Waals surface area (Å²) in [4.78, 5) is 11.1. The van der Waals surface area contributed by atoms with E-state index in [1.165, 1.54) is 0 Å². The quantitative estimate of drug-likeness (QED) is 0.624. The first-order chi connectivity index (χ1) is 6.70. The molecule has 0 fully saturated rings. The molecule has 0 saturated carbocycles. The van der Waals surface area contributed by atoms with Gasteiger partial charge in [0.2, 0.25) is 5.91 Å². The van der Waals surface area contributed by atoms with Crippen molar-refractivity contribution in [1.82, 2.24) is 5.32 Å². The van der Waals surface area contributed by atoms with Crippen LogP contribution in [0, 0.1) is 0 Å². The Hall–Kier alpha value is -1.39. The van der Waals surface area contributed by atoms with Crippen LogP contribution in [0.3, 0.4) is 0 Å². The van der Waals surface area contributed by atoms with E-state index in [1.54, 1.807) is 7.05 Å². The molecular weight excluding hydrogens is 178 g/mol. The zero-order valence-electron chi connectivity index (χ0n) is 8.16. The Morgan fingerprint density at radius 1 is 1.50 bits per heavy atom. The van der Waals surface area contributed by atoms with Crippen LogP contribution >= 0.6 is 0 Å². The maximum atomic E-state index is 11.1. The van der Waals surface area contributed by atoms with E-state index >= 15 is 0 Å². The molecule has 0 aromatic heterocycles. The van der Waals surface area contributed by atoms with E-state index in [2.05, 4.69) is 5.32 Å². The molecule has 0 aliphatic rings. The molecule has 1 amide bonds. The lowest BCUT2D eigenvalue weighted by Crippen LogP contribution is -2.32. The number of benzene rings is 1. The Bertz CT molecular complexity index is 325. The molecule has 1 unspecified atom stereocenters. The standard InChI is InChI=1S/C10H15N3O/c1-13-9(10(12)14)8-5-3-2-4-7(8)6-11/h2-5,9,13H,6,11H2,1H3,(H2,12,14). The van der Waals surface area contributed by atoms with E-state index in [0.29, 0.717) is 6.54 Å². The van der Waals surface area contributed by atoms with Crippen LogP contribution in [0.1, 0.15) is 17.2 Å². The Morgan fingerprint density at radius 2 is 2.14 bits per heavy atom. The number of hydrogen-bond acceptors (Lipinski definition) is 3. The molecule has 0 bridgehead atoms. The van der Waals surface area contributed by atoms with Gasteiger partial charge in [-0.3, -0.25) is 4.79 Å². The molecule has 0 aliphatic carbocycles. The van der Waals surface area contributed by atoms with Gasteiger partial charge < -0.3 is 16.8 Å². The summed E-state index contributed by atoms with van der Waals surface area (Å²) in [6.45, 7) is 0.404. The van der Waals surface area contributed by atoms with Crippen LogP contribution in [0.4, 0.5) is 0 Å². The number of amides is 1. The number of carbonyl (C=O) groups excluding carboxylic acids is 1. The predicted molar refractivity (Wildman–Crippen MR) is 55.3 cm³/mol. The molecule has 4 nitrogen and oxygen atoms in total. The van der Waals surface area contributed by atoms with Crippen LogP contribution in [-0.2, 0) is 11.3 Å². The van der Waals surface area contributed by atoms with Gasteiger partial charge in [-0.05, 0) is 18.2 Å². The predicted octanol–water partition coefficient (Wildman–Crippen LogP) is -0.109. The lowest BCUT2D eigenvalue weighted by atomic mass is 10.00. The van der Waals surface area contributed by atoms with Crippen LogP contribution in [0.15, 0.2) is 24.3 Å². The minimum Gasteiger partial charge on any atom is -0.368 e. The van der Waals surface area contributed by atoms with Crippen LogP contribution in [0.25, 0.3) is 0 Å². The monoisotopic (exact) mass is 193 g/mol. The summed E-state index contributed by atoms with van der Waals surface area (Å²) in [5, 5.41) is 2.86. The van der Waals surface area contributed by atoms with Crippen molar-refractivity contribution in [1.29, 1.82) is 0 Å². The van der Waals surface area contributed by atoms with E-state index < -0.39 is 11.9 Å². The van der Waals surface area contributed by atoms with Gasteiger partial charge in [0.05, 0.1) is 0 Å². The molecule has 0 aliphatic heterocycles. The van der Waals surface area contributed by atoms with Gasteiger partial charge in [0, 0.05) is 6.54 Å². The zero-order valence-corrected chi connectivity index (χ0v) is 8.16. The second-order valence-electron chi connectivity index (χ2n) is 3.03. The lowest BCUT2D eigenvalue weighted by Gasteiger charge is -2.15. The summed E-state index contributed by atoms with van der Waals surface area (Å²) in [7, 11) is 1.70. The van der Waals surface area contributed by atoms with E-state index in [0.717, 1.165) is 11.1 Å². The van der Waals surface area contributed by atoms with E-state index in [9.17, 15) is 4.79 Å². The maximum Gasteiger partial charge on any atom is 0.239 e. The van der Waals surface area contributed by atoms with E-state index in [4.69, 9.17) is 11.5 Å². The third-order valence-electron chi connectivity index (χ3n) is 2.16. The number of nitrogens with one attached hydrogen (secondary N) is 1. The number of rotatable bonds is 4. The largest absolute Gasteiger partial charge is 0.368 e. The molecule has 5 N–H and O–H groups in total. The van der Waals surface area contributed by atoms with Gasteiger partial charge in [0.25, 0.3) is 0 Å². The maximum absolute atomic E-state index is 11.1. The summed E-state index contributed by atoms with van der Waals surface area (Å²) in [6.07, 6.45) is 0. The summed E-state index contributed by atoms with van der Waals surface area (Å²) in [5.74, 6) is -0.395. The zero-order chi connectivity index (χ0) is 10.6. The van der Waals surface area contributed by atoms with Crippen molar-refractivity contribution in [3.8, 4) is 0 Å². The van der Waals surface area contributed by atoms with Gasteiger partial charge in [-0.2, -0.15) is 0 Å². The molecule has 1 atom stereocenters. The summed E-state index contributed by atoms with van der Waals surface area (Å²) in [6, 6.07) is 7.03. The first kappa shape index (κ1) is 10.7. The van der Waals surface area contributed by atoms with Gasteiger partial charge in [-0.25, -0.2) is 0 Å². The Balaban J connectivity index is 3.08. The third kappa shape index (κ3) is 2.10. The second-order valence-corrected chi connectivity index (χ2v) is 3.03. The molecule has 0 spiro atoms. The third-order valence-corrected chi connectivity index (χ3v) is 2.16. The molecule has 1 rings (SSSR count). The topological polar surface area (TPSA) is 81.1 Å². The van der Waals surface area contributed by atoms with E-state index in [-0.39, 0.29) is 0 Å². The van der Waals surface area contributed by atoms with Gasteiger partial charge in [0.1, 0.15) is 6.04 Å². The lowest BCUT2D eigenvalue weighted by molar-refractivity contribution is -0.120. The van der Waals surface area contributed by atoms with Crippen molar-refractivity contribution >= 4 is 5.91 Å². The fourth-order valence-electron chi connectivity index (χ4n) is 1.45. The number of primary amides is 1. The van der Waals surface area contributed by atoms with Crippen molar-refractivity contribution in [2.45, 2.75) is 12.6 Å². The number of hydrogen-bond donors (Lipinski definition) is 3. The van der Waals surface area contributed by atoms with Crippen molar-refractivity contribution < 1.29 is 4.79 Å². The minimum atomic E-state index is -0.463. The smallest absolute Gasteiger partial charge is 0.239 e. The highest BCUT2D eigenvalue weighted by Crippen LogP contribution is 2.16. The van der Waals surface area contributed by atoms with Crippen LogP contribution in [0.5, 0.6) is 0 Å². The highest BCUT2D eigenvalue weighted by molar-refractivity contribution is 5.81. The molecular formula is C10H15N3O. The van der Waals surface area contributed by atoms with Crippen LogP contribution in [0.2, 0.25) is 0 Å². The molecule has 0 saturated heterocycles. The van der Waals surface area contributed by atoms with Gasteiger partial charge >= 0.3 is 0 Å². The highest BCUT2D eigenvalue weighted by Gasteiger charge is 2.17. The Morgan fingerprint density at radius 3 is 2.64 bits per heavy atom. The SMILES string of the molecule is CNC(C(N)=O)c1ccccc1CN. The molecule has 0 heterocycles. The van der Waals surface area contributed by atoms with Crippen molar-refractivity contribution in [2.75, 3.05) is 7.05 Å². The number of carbonyl (C=O) groups is 1. The minimum absolute atomic E-state index is 0.395. The van der Waals surface area contributed by atoms with Crippen LogP contribution < -0.4 is 16.8 Å². The van der Waals surface area contributed by atoms with Crippen molar-refractivity contribution in [3.05, 3.63) is 35.4 Å². The van der Waals surface area contributed by atoms with Gasteiger partial charge in [-0.1, -0.05) is 24.3 Å².